The number of fused-ring (bicyclic) bond motifs is 3. The van der Waals surface area contributed by atoms with Crippen molar-refractivity contribution in [2.24, 2.45) is 0 Å². The Hall–Kier alpha value is -2.89. The molecule has 0 bridgehead atoms. The van der Waals surface area contributed by atoms with E-state index in [-0.39, 0.29) is 0 Å². The molecule has 2 aromatic heterocycles. The molecule has 0 aliphatic heterocycles. The predicted octanol–water partition coefficient (Wildman–Crippen LogP) is 3.71. The highest BCUT2D eigenvalue weighted by molar-refractivity contribution is 5.63. The molecule has 1 aliphatic rings. The van der Waals surface area contributed by atoms with Gasteiger partial charge < -0.3 is 23.3 Å². The summed E-state index contributed by atoms with van der Waals surface area (Å²) in [7, 11) is 4.87. The van der Waals surface area contributed by atoms with Crippen molar-refractivity contribution in [2.75, 3.05) is 21.3 Å². The molecule has 0 radical (unpaired) electrons. The van der Waals surface area contributed by atoms with E-state index in [0.29, 0.717) is 23.8 Å². The summed E-state index contributed by atoms with van der Waals surface area (Å²) >= 11 is 0. The van der Waals surface area contributed by atoms with E-state index in [2.05, 4.69) is 22.0 Å². The lowest BCUT2D eigenvalue weighted by Gasteiger charge is -2.15. The van der Waals surface area contributed by atoms with Crippen LogP contribution in [0.5, 0.6) is 17.2 Å². The van der Waals surface area contributed by atoms with E-state index in [1.54, 1.807) is 21.3 Å². The maximum Gasteiger partial charge on any atom is 0.203 e. The molecule has 4 rings (SSSR count). The molecule has 6 nitrogen and oxygen atoms in total. The van der Waals surface area contributed by atoms with Crippen molar-refractivity contribution in [3.8, 4) is 28.7 Å². The molecule has 1 aliphatic carbocycles. The maximum absolute atomic E-state index is 5.59. The maximum atomic E-state index is 5.59. The van der Waals surface area contributed by atoms with Gasteiger partial charge in [0.05, 0.1) is 33.2 Å². The van der Waals surface area contributed by atoms with Crippen molar-refractivity contribution in [3.05, 3.63) is 47.3 Å². The Balaban J connectivity index is 1.76. The van der Waals surface area contributed by atoms with E-state index in [1.165, 1.54) is 11.1 Å². The van der Waals surface area contributed by atoms with Crippen LogP contribution in [0.1, 0.15) is 23.1 Å². The first kappa shape index (κ1) is 16.6. The van der Waals surface area contributed by atoms with Crippen LogP contribution in [0.25, 0.3) is 11.5 Å². The van der Waals surface area contributed by atoms with Crippen LogP contribution < -0.4 is 14.2 Å². The van der Waals surface area contributed by atoms with E-state index in [4.69, 9.17) is 18.7 Å². The fourth-order valence-electron chi connectivity index (χ4n) is 3.65. The molecule has 136 valence electrons. The number of methoxy groups -OCH3 is 3. The summed E-state index contributed by atoms with van der Waals surface area (Å²) in [5.41, 5.74) is 4.65. The molecule has 6 heteroatoms. The molecule has 0 saturated heterocycles. The van der Waals surface area contributed by atoms with Crippen LogP contribution in [0, 0.1) is 0 Å². The molecular formula is C20H22N2O4. The van der Waals surface area contributed by atoms with E-state index in [9.17, 15) is 0 Å². The van der Waals surface area contributed by atoms with Gasteiger partial charge in [0.15, 0.2) is 17.3 Å². The van der Waals surface area contributed by atoms with Crippen molar-refractivity contribution < 1.29 is 18.7 Å². The summed E-state index contributed by atoms with van der Waals surface area (Å²) in [5, 5.41) is 4.00. The van der Waals surface area contributed by atoms with Gasteiger partial charge in [0.1, 0.15) is 0 Å². The molecule has 0 spiro atoms. The Morgan fingerprint density at radius 2 is 1.77 bits per heavy atom. The second kappa shape index (κ2) is 6.78. The highest BCUT2D eigenvalue weighted by Gasteiger charge is 2.23. The summed E-state index contributed by atoms with van der Waals surface area (Å²) in [6.45, 7) is 0.673. The third-order valence-corrected chi connectivity index (χ3v) is 4.88. The SMILES string of the molecule is COc1cc(Cn2ccc3c2-c2oncc2CCC3)cc(OC)c1OC. The molecule has 26 heavy (non-hydrogen) atoms. The molecule has 0 fully saturated rings. The normalized spacial score (nSPS) is 12.9. The van der Waals surface area contributed by atoms with Crippen molar-refractivity contribution in [3.63, 3.8) is 0 Å². The average Bonchev–Trinajstić information content (AvgIpc) is 3.23. The van der Waals surface area contributed by atoms with E-state index >= 15 is 0 Å². The standard InChI is InChI=1S/C20H22N2O4/c1-23-16-9-13(10-17(24-2)20(16)25-3)12-22-8-7-14-5-4-6-15-11-21-26-19(15)18(14)22/h7-11H,4-6,12H2,1-3H3. The zero-order valence-electron chi connectivity index (χ0n) is 15.2. The molecule has 2 heterocycles. The lowest BCUT2D eigenvalue weighted by atomic mass is 10.1. The van der Waals surface area contributed by atoms with Crippen LogP contribution in [-0.4, -0.2) is 31.1 Å². The molecule has 3 aromatic rings. The number of hydrogen-bond donors (Lipinski definition) is 0. The first-order valence-corrected chi connectivity index (χ1v) is 8.66. The third kappa shape index (κ3) is 2.71. The Morgan fingerprint density at radius 3 is 2.46 bits per heavy atom. The smallest absolute Gasteiger partial charge is 0.203 e. The van der Waals surface area contributed by atoms with Gasteiger partial charge in [-0.05, 0) is 48.6 Å². The van der Waals surface area contributed by atoms with E-state index in [0.717, 1.165) is 36.3 Å². The molecule has 1 aromatic carbocycles. The van der Waals surface area contributed by atoms with Gasteiger partial charge in [-0.2, -0.15) is 0 Å². The summed E-state index contributed by atoms with van der Waals surface area (Å²) in [5.74, 6) is 2.79. The Kier molecular flexibility index (Phi) is 4.32. The lowest BCUT2D eigenvalue weighted by molar-refractivity contribution is 0.323. The van der Waals surface area contributed by atoms with Gasteiger partial charge in [-0.3, -0.25) is 0 Å². The van der Waals surface area contributed by atoms with Gasteiger partial charge in [-0.1, -0.05) is 5.16 Å². The number of ether oxygens (including phenoxy) is 3. The van der Waals surface area contributed by atoms with Gasteiger partial charge >= 0.3 is 0 Å². The first-order chi connectivity index (χ1) is 12.7. The fourth-order valence-corrected chi connectivity index (χ4v) is 3.65. The van der Waals surface area contributed by atoms with Crippen LogP contribution in [-0.2, 0) is 19.4 Å². The van der Waals surface area contributed by atoms with Crippen molar-refractivity contribution in [1.82, 2.24) is 9.72 Å². The Labute approximate surface area is 152 Å². The van der Waals surface area contributed by atoms with Crippen LogP contribution in [0.4, 0.5) is 0 Å². The lowest BCUT2D eigenvalue weighted by Crippen LogP contribution is -2.03. The molecule has 0 atom stereocenters. The summed E-state index contributed by atoms with van der Waals surface area (Å²) in [4.78, 5) is 0. The molecule has 0 saturated carbocycles. The highest BCUT2D eigenvalue weighted by Crippen LogP contribution is 2.39. The predicted molar refractivity (Wildman–Crippen MR) is 97.2 cm³/mol. The number of aryl methyl sites for hydroxylation is 2. The number of rotatable bonds is 5. The summed E-state index contributed by atoms with van der Waals surface area (Å²) < 4.78 is 24.1. The Bertz CT molecular complexity index is 901. The van der Waals surface area contributed by atoms with Gasteiger partial charge in [-0.15, -0.1) is 0 Å². The number of hydrogen-bond acceptors (Lipinski definition) is 5. The Morgan fingerprint density at radius 1 is 1.04 bits per heavy atom. The second-order valence-corrected chi connectivity index (χ2v) is 6.38. The quantitative estimate of drug-likeness (QED) is 0.699. The van der Waals surface area contributed by atoms with Gasteiger partial charge in [0.25, 0.3) is 0 Å². The van der Waals surface area contributed by atoms with Gasteiger partial charge in [-0.25, -0.2) is 0 Å². The van der Waals surface area contributed by atoms with Gasteiger partial charge in [0.2, 0.25) is 5.75 Å². The first-order valence-electron chi connectivity index (χ1n) is 8.66. The monoisotopic (exact) mass is 354 g/mol. The third-order valence-electron chi connectivity index (χ3n) is 4.88. The van der Waals surface area contributed by atoms with E-state index in [1.807, 2.05) is 18.3 Å². The largest absolute Gasteiger partial charge is 0.493 e. The minimum absolute atomic E-state index is 0.600. The van der Waals surface area contributed by atoms with Gasteiger partial charge in [0, 0.05) is 18.3 Å². The molecule has 0 unspecified atom stereocenters. The minimum atomic E-state index is 0.600. The topological polar surface area (TPSA) is 58.7 Å². The molecule has 0 N–H and O–H groups in total. The van der Waals surface area contributed by atoms with E-state index < -0.39 is 0 Å². The average molecular weight is 354 g/mol. The zero-order chi connectivity index (χ0) is 18.1. The van der Waals surface area contributed by atoms with Crippen LogP contribution in [0.15, 0.2) is 35.1 Å². The van der Waals surface area contributed by atoms with Crippen LogP contribution >= 0.6 is 0 Å². The van der Waals surface area contributed by atoms with Crippen LogP contribution in [0.2, 0.25) is 0 Å². The second-order valence-electron chi connectivity index (χ2n) is 6.38. The molecular weight excluding hydrogens is 332 g/mol. The van der Waals surface area contributed by atoms with Crippen LogP contribution in [0.3, 0.4) is 0 Å². The van der Waals surface area contributed by atoms with Crippen molar-refractivity contribution in [2.45, 2.75) is 25.8 Å². The summed E-state index contributed by atoms with van der Waals surface area (Å²) in [6, 6.07) is 6.13. The number of nitrogens with zero attached hydrogens (tertiary/aromatic N) is 2. The highest BCUT2D eigenvalue weighted by atomic mass is 16.5. The number of benzene rings is 1. The molecule has 0 amide bonds. The fraction of sp³-hybridized carbons (Fsp3) is 0.350. The zero-order valence-corrected chi connectivity index (χ0v) is 15.2. The van der Waals surface area contributed by atoms with Crippen molar-refractivity contribution in [1.29, 1.82) is 0 Å². The van der Waals surface area contributed by atoms with Crippen molar-refractivity contribution >= 4 is 0 Å². The summed E-state index contributed by atoms with van der Waals surface area (Å²) in [6.07, 6.45) is 7.08. The number of aromatic nitrogens is 2. The minimum Gasteiger partial charge on any atom is -0.493 e.